The van der Waals surface area contributed by atoms with Gasteiger partial charge >= 0.3 is 0 Å². The van der Waals surface area contributed by atoms with Crippen molar-refractivity contribution in [2.45, 2.75) is 32.7 Å². The summed E-state index contributed by atoms with van der Waals surface area (Å²) in [7, 11) is 0. The topological polar surface area (TPSA) is 21.3 Å². The minimum Gasteiger partial charge on any atom is -0.488 e. The largest absolute Gasteiger partial charge is 0.488 e. The molecule has 0 aliphatic rings. The molecule has 0 saturated heterocycles. The third-order valence-corrected chi connectivity index (χ3v) is 3.05. The minimum atomic E-state index is -0.424. The van der Waals surface area contributed by atoms with Gasteiger partial charge in [-0.2, -0.15) is 0 Å². The first kappa shape index (κ1) is 14.3. The van der Waals surface area contributed by atoms with Gasteiger partial charge < -0.3 is 10.1 Å². The fourth-order valence-electron chi connectivity index (χ4n) is 1.29. The van der Waals surface area contributed by atoms with Gasteiger partial charge in [-0.15, -0.1) is 0 Å². The van der Waals surface area contributed by atoms with E-state index in [2.05, 4.69) is 26.1 Å². The molecule has 96 valence electrons. The standard InChI is InChI=1S/C13H19ClFNO/c1-4-13(2,3)16-8-9-17-12-10(14)6-5-7-11(12)15/h5-7,16H,4,8-9H2,1-3H3. The van der Waals surface area contributed by atoms with Crippen LogP contribution in [-0.2, 0) is 0 Å². The molecular weight excluding hydrogens is 241 g/mol. The second kappa shape index (κ2) is 6.22. The molecule has 0 fully saturated rings. The van der Waals surface area contributed by atoms with E-state index in [1.807, 2.05) is 0 Å². The number of halogens is 2. The van der Waals surface area contributed by atoms with Crippen molar-refractivity contribution in [3.8, 4) is 5.75 Å². The van der Waals surface area contributed by atoms with E-state index >= 15 is 0 Å². The molecule has 0 unspecified atom stereocenters. The van der Waals surface area contributed by atoms with E-state index in [1.54, 1.807) is 12.1 Å². The molecule has 17 heavy (non-hydrogen) atoms. The third-order valence-electron chi connectivity index (χ3n) is 2.75. The Hall–Kier alpha value is -0.800. The van der Waals surface area contributed by atoms with Crippen molar-refractivity contribution in [1.29, 1.82) is 0 Å². The minimum absolute atomic E-state index is 0.0718. The van der Waals surface area contributed by atoms with Crippen LogP contribution in [0.3, 0.4) is 0 Å². The summed E-state index contributed by atoms with van der Waals surface area (Å²) in [5.74, 6) is -0.294. The molecule has 1 aromatic rings. The highest BCUT2D eigenvalue weighted by molar-refractivity contribution is 6.32. The summed E-state index contributed by atoms with van der Waals surface area (Å²) in [6, 6.07) is 4.51. The molecule has 0 heterocycles. The predicted molar refractivity (Wildman–Crippen MR) is 69.3 cm³/mol. The Kier molecular flexibility index (Phi) is 5.22. The smallest absolute Gasteiger partial charge is 0.173 e. The summed E-state index contributed by atoms with van der Waals surface area (Å²) in [6.45, 7) is 7.39. The average Bonchev–Trinajstić information content (AvgIpc) is 2.27. The van der Waals surface area contributed by atoms with Crippen LogP contribution in [-0.4, -0.2) is 18.7 Å². The molecule has 0 aliphatic heterocycles. The Morgan fingerprint density at radius 3 is 2.71 bits per heavy atom. The lowest BCUT2D eigenvalue weighted by atomic mass is 10.0. The van der Waals surface area contributed by atoms with Crippen LogP contribution in [0.4, 0.5) is 4.39 Å². The van der Waals surface area contributed by atoms with E-state index in [9.17, 15) is 4.39 Å². The van der Waals surface area contributed by atoms with Gasteiger partial charge in [-0.25, -0.2) is 4.39 Å². The quantitative estimate of drug-likeness (QED) is 0.788. The Morgan fingerprint density at radius 2 is 2.12 bits per heavy atom. The van der Waals surface area contributed by atoms with Gasteiger partial charge in [0.25, 0.3) is 0 Å². The summed E-state index contributed by atoms with van der Waals surface area (Å²) >= 11 is 5.84. The molecular formula is C13H19ClFNO. The van der Waals surface area contributed by atoms with Crippen LogP contribution in [0.25, 0.3) is 0 Å². The van der Waals surface area contributed by atoms with Gasteiger partial charge in [0.15, 0.2) is 11.6 Å². The molecule has 1 aromatic carbocycles. The zero-order chi connectivity index (χ0) is 12.9. The molecule has 0 radical (unpaired) electrons. The first-order chi connectivity index (χ1) is 7.96. The fourth-order valence-corrected chi connectivity index (χ4v) is 1.51. The van der Waals surface area contributed by atoms with Gasteiger partial charge in [-0.3, -0.25) is 0 Å². The highest BCUT2D eigenvalue weighted by atomic mass is 35.5. The van der Waals surface area contributed by atoms with Crippen molar-refractivity contribution in [3.63, 3.8) is 0 Å². The van der Waals surface area contributed by atoms with Crippen LogP contribution in [0, 0.1) is 5.82 Å². The summed E-state index contributed by atoms with van der Waals surface area (Å²) in [4.78, 5) is 0. The van der Waals surface area contributed by atoms with Crippen molar-refractivity contribution >= 4 is 11.6 Å². The lowest BCUT2D eigenvalue weighted by molar-refractivity contribution is 0.271. The molecule has 0 aliphatic carbocycles. The maximum absolute atomic E-state index is 13.3. The van der Waals surface area contributed by atoms with Crippen LogP contribution in [0.15, 0.2) is 18.2 Å². The monoisotopic (exact) mass is 259 g/mol. The molecule has 0 bridgehead atoms. The van der Waals surface area contributed by atoms with E-state index in [0.717, 1.165) is 6.42 Å². The average molecular weight is 260 g/mol. The van der Waals surface area contributed by atoms with Crippen LogP contribution in [0.2, 0.25) is 5.02 Å². The Labute approximate surface area is 107 Å². The van der Waals surface area contributed by atoms with E-state index in [4.69, 9.17) is 16.3 Å². The van der Waals surface area contributed by atoms with Gasteiger partial charge in [-0.05, 0) is 32.4 Å². The number of benzene rings is 1. The van der Waals surface area contributed by atoms with E-state index in [-0.39, 0.29) is 11.3 Å². The summed E-state index contributed by atoms with van der Waals surface area (Å²) < 4.78 is 18.7. The molecule has 2 nitrogen and oxygen atoms in total. The molecule has 4 heteroatoms. The first-order valence-electron chi connectivity index (χ1n) is 5.78. The lowest BCUT2D eigenvalue weighted by Gasteiger charge is -2.24. The van der Waals surface area contributed by atoms with Gasteiger partial charge in [-0.1, -0.05) is 24.6 Å². The van der Waals surface area contributed by atoms with E-state index < -0.39 is 5.82 Å². The maximum atomic E-state index is 13.3. The van der Waals surface area contributed by atoms with Crippen molar-refractivity contribution in [2.75, 3.05) is 13.2 Å². The van der Waals surface area contributed by atoms with Crippen molar-refractivity contribution in [1.82, 2.24) is 5.32 Å². The number of rotatable bonds is 6. The number of nitrogens with one attached hydrogen (secondary N) is 1. The zero-order valence-corrected chi connectivity index (χ0v) is 11.3. The molecule has 0 amide bonds. The molecule has 0 spiro atoms. The molecule has 1 rings (SSSR count). The van der Waals surface area contributed by atoms with Crippen molar-refractivity contribution < 1.29 is 9.13 Å². The number of hydrogen-bond donors (Lipinski definition) is 1. The molecule has 0 atom stereocenters. The highest BCUT2D eigenvalue weighted by Gasteiger charge is 2.13. The van der Waals surface area contributed by atoms with E-state index in [1.165, 1.54) is 6.07 Å². The summed E-state index contributed by atoms with van der Waals surface area (Å²) in [5, 5.41) is 3.63. The molecule has 1 N–H and O–H groups in total. The number of para-hydroxylation sites is 1. The second-order valence-electron chi connectivity index (χ2n) is 4.56. The highest BCUT2D eigenvalue weighted by Crippen LogP contribution is 2.26. The predicted octanol–water partition coefficient (Wildman–Crippen LogP) is 3.64. The molecule has 0 saturated carbocycles. The van der Waals surface area contributed by atoms with Gasteiger partial charge in [0.1, 0.15) is 6.61 Å². The second-order valence-corrected chi connectivity index (χ2v) is 4.97. The lowest BCUT2D eigenvalue weighted by Crippen LogP contribution is -2.40. The van der Waals surface area contributed by atoms with Crippen LogP contribution in [0.5, 0.6) is 5.75 Å². The zero-order valence-electron chi connectivity index (χ0n) is 10.5. The SMILES string of the molecule is CCC(C)(C)NCCOc1c(F)cccc1Cl. The fraction of sp³-hybridized carbons (Fsp3) is 0.538. The van der Waals surface area contributed by atoms with Gasteiger partial charge in [0, 0.05) is 12.1 Å². The normalized spacial score (nSPS) is 11.6. The number of ether oxygens (including phenoxy) is 1. The van der Waals surface area contributed by atoms with E-state index in [0.29, 0.717) is 18.2 Å². The Bertz CT molecular complexity index is 348. The Balaban J connectivity index is 2.42. The van der Waals surface area contributed by atoms with Gasteiger partial charge in [0.2, 0.25) is 0 Å². The summed E-state index contributed by atoms with van der Waals surface area (Å²) in [6.07, 6.45) is 1.02. The van der Waals surface area contributed by atoms with Crippen molar-refractivity contribution in [3.05, 3.63) is 29.0 Å². The number of hydrogen-bond acceptors (Lipinski definition) is 2. The Morgan fingerprint density at radius 1 is 1.41 bits per heavy atom. The van der Waals surface area contributed by atoms with Crippen molar-refractivity contribution in [2.24, 2.45) is 0 Å². The van der Waals surface area contributed by atoms with Crippen LogP contribution >= 0.6 is 11.6 Å². The maximum Gasteiger partial charge on any atom is 0.173 e. The molecule has 0 aromatic heterocycles. The van der Waals surface area contributed by atoms with Gasteiger partial charge in [0.05, 0.1) is 5.02 Å². The third kappa shape index (κ3) is 4.52. The van der Waals surface area contributed by atoms with Crippen LogP contribution < -0.4 is 10.1 Å². The summed E-state index contributed by atoms with van der Waals surface area (Å²) in [5.41, 5.74) is 0.0718. The first-order valence-corrected chi connectivity index (χ1v) is 6.16. The van der Waals surface area contributed by atoms with Crippen LogP contribution in [0.1, 0.15) is 27.2 Å².